The van der Waals surface area contributed by atoms with E-state index in [-0.39, 0.29) is 5.78 Å². The minimum absolute atomic E-state index is 0.235. The van der Waals surface area contributed by atoms with Crippen LogP contribution in [0, 0.1) is 12.8 Å². The first-order chi connectivity index (χ1) is 10.6. The van der Waals surface area contributed by atoms with Crippen LogP contribution in [0.15, 0.2) is 36.7 Å². The van der Waals surface area contributed by atoms with Crippen molar-refractivity contribution < 1.29 is 4.79 Å². The Morgan fingerprint density at radius 3 is 2.73 bits per heavy atom. The van der Waals surface area contributed by atoms with Gasteiger partial charge < -0.3 is 0 Å². The molecule has 3 aromatic rings. The van der Waals surface area contributed by atoms with E-state index < -0.39 is 0 Å². The van der Waals surface area contributed by atoms with Gasteiger partial charge in [0, 0.05) is 35.5 Å². The molecule has 4 rings (SSSR count). The summed E-state index contributed by atoms with van der Waals surface area (Å²) in [6.07, 6.45) is 4.98. The number of aryl methyl sites for hydroxylation is 1. The second kappa shape index (κ2) is 4.77. The average Bonchev–Trinajstić information content (AvgIpc) is 2.81. The van der Waals surface area contributed by atoms with Crippen LogP contribution < -0.4 is 0 Å². The largest absolute Gasteiger partial charge is 0.294 e. The van der Waals surface area contributed by atoms with Crippen LogP contribution in [0.3, 0.4) is 0 Å². The molecule has 1 unspecified atom stereocenters. The summed E-state index contributed by atoms with van der Waals surface area (Å²) < 4.78 is 2.05. The molecule has 0 saturated carbocycles. The molecule has 2 heterocycles. The number of fused-ring (bicyclic) bond motifs is 3. The van der Waals surface area contributed by atoms with Gasteiger partial charge in [0.15, 0.2) is 5.78 Å². The predicted molar refractivity (Wildman–Crippen MR) is 85.4 cm³/mol. The van der Waals surface area contributed by atoms with Crippen molar-refractivity contribution in [2.45, 2.75) is 26.7 Å². The third-order valence-electron chi connectivity index (χ3n) is 4.33. The Kier molecular flexibility index (Phi) is 2.86. The molecule has 0 spiro atoms. The Balaban J connectivity index is 2.12. The summed E-state index contributed by atoms with van der Waals surface area (Å²) >= 11 is 0. The molecule has 110 valence electrons. The van der Waals surface area contributed by atoms with Crippen molar-refractivity contribution in [3.8, 4) is 5.95 Å². The molecular formula is C18H17N3O. The van der Waals surface area contributed by atoms with Crippen LogP contribution in [-0.2, 0) is 6.42 Å². The van der Waals surface area contributed by atoms with Crippen LogP contribution in [0.5, 0.6) is 0 Å². The summed E-state index contributed by atoms with van der Waals surface area (Å²) in [4.78, 5) is 21.4. The first kappa shape index (κ1) is 13.2. The van der Waals surface area contributed by atoms with Crippen molar-refractivity contribution in [2.75, 3.05) is 0 Å². The predicted octanol–water partition coefficient (Wildman–Crippen LogP) is 3.49. The smallest absolute Gasteiger partial charge is 0.234 e. The summed E-state index contributed by atoms with van der Waals surface area (Å²) in [5.41, 5.74) is 4.09. The van der Waals surface area contributed by atoms with E-state index >= 15 is 0 Å². The van der Waals surface area contributed by atoms with Gasteiger partial charge in [0.1, 0.15) is 0 Å². The molecule has 0 saturated heterocycles. The summed E-state index contributed by atoms with van der Waals surface area (Å²) in [5, 5.41) is 1.03. The second-order valence-corrected chi connectivity index (χ2v) is 6.16. The SMILES string of the molecule is Cc1ccc2c(c1)c1c(n2-c2ncccn2)CC(C)CC1=O. The van der Waals surface area contributed by atoms with Gasteiger partial charge in [-0.3, -0.25) is 9.36 Å². The lowest BCUT2D eigenvalue weighted by Crippen LogP contribution is -2.19. The number of benzene rings is 1. The van der Waals surface area contributed by atoms with Gasteiger partial charge in [-0.2, -0.15) is 0 Å². The number of Topliss-reactive ketones (excluding diaryl/α,β-unsaturated/α-hetero) is 1. The standard InChI is InChI=1S/C18H17N3O/c1-11-4-5-14-13(8-11)17-15(9-12(2)10-16(17)22)21(14)18-19-6-3-7-20-18/h3-8,12H,9-10H2,1-2H3. The van der Waals surface area contributed by atoms with Gasteiger partial charge in [-0.25, -0.2) is 9.97 Å². The first-order valence-electron chi connectivity index (χ1n) is 7.59. The third-order valence-corrected chi connectivity index (χ3v) is 4.33. The Morgan fingerprint density at radius 1 is 1.18 bits per heavy atom. The maximum Gasteiger partial charge on any atom is 0.234 e. The lowest BCUT2D eigenvalue weighted by Gasteiger charge is -2.19. The van der Waals surface area contributed by atoms with E-state index in [1.165, 1.54) is 0 Å². The number of hydrogen-bond donors (Lipinski definition) is 0. The molecule has 1 aliphatic rings. The minimum Gasteiger partial charge on any atom is -0.294 e. The molecule has 0 radical (unpaired) electrons. The molecule has 2 aromatic heterocycles. The fourth-order valence-corrected chi connectivity index (χ4v) is 3.42. The van der Waals surface area contributed by atoms with Crippen molar-refractivity contribution >= 4 is 16.7 Å². The average molecular weight is 291 g/mol. The summed E-state index contributed by atoms with van der Waals surface area (Å²) in [6, 6.07) is 8.04. The number of ketones is 1. The lowest BCUT2D eigenvalue weighted by atomic mass is 9.87. The summed E-state index contributed by atoms with van der Waals surface area (Å²) in [6.45, 7) is 4.18. The van der Waals surface area contributed by atoms with Crippen LogP contribution >= 0.6 is 0 Å². The van der Waals surface area contributed by atoms with Crippen molar-refractivity contribution in [3.05, 3.63) is 53.5 Å². The van der Waals surface area contributed by atoms with E-state index in [2.05, 4.69) is 46.6 Å². The van der Waals surface area contributed by atoms with Crippen molar-refractivity contribution in [1.29, 1.82) is 0 Å². The highest BCUT2D eigenvalue weighted by Crippen LogP contribution is 2.35. The summed E-state index contributed by atoms with van der Waals surface area (Å²) in [7, 11) is 0. The van der Waals surface area contributed by atoms with E-state index in [0.717, 1.165) is 34.1 Å². The Labute approximate surface area is 128 Å². The second-order valence-electron chi connectivity index (χ2n) is 6.16. The van der Waals surface area contributed by atoms with Crippen LogP contribution in [0.1, 0.15) is 35.0 Å². The summed E-state index contributed by atoms with van der Waals surface area (Å²) in [5.74, 6) is 1.23. The van der Waals surface area contributed by atoms with Gasteiger partial charge >= 0.3 is 0 Å². The van der Waals surface area contributed by atoms with Crippen LogP contribution in [-0.4, -0.2) is 20.3 Å². The first-order valence-corrected chi connectivity index (χ1v) is 7.59. The zero-order chi connectivity index (χ0) is 15.3. The van der Waals surface area contributed by atoms with E-state index in [0.29, 0.717) is 18.3 Å². The monoisotopic (exact) mass is 291 g/mol. The van der Waals surface area contributed by atoms with E-state index in [9.17, 15) is 4.79 Å². The topological polar surface area (TPSA) is 47.8 Å². The number of nitrogens with zero attached hydrogens (tertiary/aromatic N) is 3. The number of aromatic nitrogens is 3. The zero-order valence-electron chi connectivity index (χ0n) is 12.7. The fourth-order valence-electron chi connectivity index (χ4n) is 3.42. The molecule has 1 atom stereocenters. The molecule has 1 aromatic carbocycles. The molecule has 0 amide bonds. The van der Waals surface area contributed by atoms with Crippen molar-refractivity contribution in [2.24, 2.45) is 5.92 Å². The van der Waals surface area contributed by atoms with Gasteiger partial charge in [0.05, 0.1) is 5.52 Å². The van der Waals surface area contributed by atoms with Gasteiger partial charge in [-0.05, 0) is 37.5 Å². The van der Waals surface area contributed by atoms with E-state index in [1.54, 1.807) is 18.5 Å². The number of hydrogen-bond acceptors (Lipinski definition) is 3. The molecule has 0 fully saturated rings. The Bertz CT molecular complexity index is 880. The zero-order valence-corrected chi connectivity index (χ0v) is 12.7. The maximum absolute atomic E-state index is 12.6. The van der Waals surface area contributed by atoms with Crippen LogP contribution in [0.2, 0.25) is 0 Å². The van der Waals surface area contributed by atoms with Crippen molar-refractivity contribution in [1.82, 2.24) is 14.5 Å². The molecule has 4 nitrogen and oxygen atoms in total. The number of rotatable bonds is 1. The van der Waals surface area contributed by atoms with Crippen LogP contribution in [0.4, 0.5) is 0 Å². The van der Waals surface area contributed by atoms with Gasteiger partial charge in [0.25, 0.3) is 0 Å². The molecule has 22 heavy (non-hydrogen) atoms. The molecule has 4 heteroatoms. The normalized spacial score (nSPS) is 17.7. The van der Waals surface area contributed by atoms with Crippen LogP contribution in [0.25, 0.3) is 16.9 Å². The fraction of sp³-hybridized carbons (Fsp3) is 0.278. The molecule has 1 aliphatic carbocycles. The highest BCUT2D eigenvalue weighted by atomic mass is 16.1. The highest BCUT2D eigenvalue weighted by Gasteiger charge is 2.30. The number of carbonyl (C=O) groups is 1. The van der Waals surface area contributed by atoms with Gasteiger partial charge in [-0.15, -0.1) is 0 Å². The minimum atomic E-state index is 0.235. The Morgan fingerprint density at radius 2 is 1.95 bits per heavy atom. The molecular weight excluding hydrogens is 274 g/mol. The Hall–Kier alpha value is -2.49. The van der Waals surface area contributed by atoms with Gasteiger partial charge in [0.2, 0.25) is 5.95 Å². The third kappa shape index (κ3) is 1.87. The quantitative estimate of drug-likeness (QED) is 0.689. The highest BCUT2D eigenvalue weighted by molar-refractivity contribution is 6.10. The van der Waals surface area contributed by atoms with E-state index in [1.807, 2.05) is 0 Å². The molecule has 0 N–H and O–H groups in total. The molecule has 0 bridgehead atoms. The maximum atomic E-state index is 12.6. The lowest BCUT2D eigenvalue weighted by molar-refractivity contribution is 0.0954. The number of carbonyl (C=O) groups excluding carboxylic acids is 1. The van der Waals surface area contributed by atoms with Gasteiger partial charge in [-0.1, -0.05) is 18.6 Å². The van der Waals surface area contributed by atoms with Crippen molar-refractivity contribution in [3.63, 3.8) is 0 Å². The molecule has 0 aliphatic heterocycles. The van der Waals surface area contributed by atoms with E-state index in [4.69, 9.17) is 0 Å².